The highest BCUT2D eigenvalue weighted by Crippen LogP contribution is 2.16. The van der Waals surface area contributed by atoms with Crippen molar-refractivity contribution in [3.8, 4) is 5.75 Å². The van der Waals surface area contributed by atoms with Gasteiger partial charge in [0.2, 0.25) is 0 Å². The molecule has 0 spiro atoms. The maximum absolute atomic E-state index is 13.7. The fourth-order valence-electron chi connectivity index (χ4n) is 3.09. The third kappa shape index (κ3) is 7.40. The topological polar surface area (TPSA) is 71.3 Å². The molecule has 29 heavy (non-hydrogen) atoms. The molecule has 1 aromatic carbocycles. The van der Waals surface area contributed by atoms with Crippen LogP contribution in [0.5, 0.6) is 5.75 Å². The van der Waals surface area contributed by atoms with Crippen LogP contribution in [0.4, 0.5) is 4.39 Å². The number of furan rings is 1. The molecule has 0 saturated carbocycles. The van der Waals surface area contributed by atoms with E-state index >= 15 is 0 Å². The van der Waals surface area contributed by atoms with E-state index in [1.54, 1.807) is 12.3 Å². The zero-order valence-electron chi connectivity index (χ0n) is 16.8. The van der Waals surface area contributed by atoms with Gasteiger partial charge in [-0.15, -0.1) is 0 Å². The molecule has 0 atom stereocenters. The van der Waals surface area contributed by atoms with Crippen molar-refractivity contribution < 1.29 is 18.3 Å². The lowest BCUT2D eigenvalue weighted by molar-refractivity contribution is 0.0389. The molecule has 0 unspecified atom stereocenters. The van der Waals surface area contributed by atoms with E-state index < -0.39 is 0 Å². The summed E-state index contributed by atoms with van der Waals surface area (Å²) < 4.78 is 29.6. The lowest BCUT2D eigenvalue weighted by Crippen LogP contribution is -2.44. The van der Waals surface area contributed by atoms with Crippen LogP contribution in [0, 0.1) is 5.82 Å². The van der Waals surface area contributed by atoms with Gasteiger partial charge in [-0.25, -0.2) is 9.38 Å². The number of guanidine groups is 1. The van der Waals surface area contributed by atoms with Gasteiger partial charge < -0.3 is 24.5 Å². The summed E-state index contributed by atoms with van der Waals surface area (Å²) in [5.74, 6) is 1.76. The van der Waals surface area contributed by atoms with E-state index in [1.807, 2.05) is 12.1 Å². The third-order valence-electron chi connectivity index (χ3n) is 4.65. The van der Waals surface area contributed by atoms with Gasteiger partial charge in [-0.2, -0.15) is 0 Å². The van der Waals surface area contributed by atoms with Crippen molar-refractivity contribution in [2.45, 2.75) is 13.0 Å². The van der Waals surface area contributed by atoms with Crippen LogP contribution in [-0.2, 0) is 17.7 Å². The molecule has 2 N–H and O–H groups in total. The molecule has 7 nitrogen and oxygen atoms in total. The van der Waals surface area contributed by atoms with Crippen LogP contribution >= 0.6 is 0 Å². The summed E-state index contributed by atoms with van der Waals surface area (Å²) in [6.45, 7) is 6.17. The van der Waals surface area contributed by atoms with Gasteiger partial charge in [-0.3, -0.25) is 4.90 Å². The Balaban J connectivity index is 1.55. The molecule has 1 aliphatic heterocycles. The Hall–Kier alpha value is -2.58. The summed E-state index contributed by atoms with van der Waals surface area (Å²) in [6.07, 6.45) is 2.42. The van der Waals surface area contributed by atoms with Gasteiger partial charge in [0.1, 0.15) is 17.3 Å². The number of morpholine rings is 1. The summed E-state index contributed by atoms with van der Waals surface area (Å²) in [6, 6.07) is 8.45. The fraction of sp³-hybridized carbons (Fsp3) is 0.476. The smallest absolute Gasteiger partial charge is 0.191 e. The van der Waals surface area contributed by atoms with Gasteiger partial charge in [-0.05, 0) is 29.8 Å². The van der Waals surface area contributed by atoms with E-state index in [1.165, 1.54) is 19.2 Å². The van der Waals surface area contributed by atoms with Crippen molar-refractivity contribution in [1.82, 2.24) is 15.5 Å². The quantitative estimate of drug-likeness (QED) is 0.492. The molecule has 0 amide bonds. The van der Waals surface area contributed by atoms with Crippen molar-refractivity contribution in [1.29, 1.82) is 0 Å². The van der Waals surface area contributed by atoms with Crippen molar-refractivity contribution >= 4 is 5.96 Å². The number of hydrogen-bond acceptors (Lipinski definition) is 5. The van der Waals surface area contributed by atoms with Crippen molar-refractivity contribution in [2.24, 2.45) is 4.99 Å². The van der Waals surface area contributed by atoms with Gasteiger partial charge in [0.25, 0.3) is 0 Å². The zero-order valence-corrected chi connectivity index (χ0v) is 16.8. The zero-order chi connectivity index (χ0) is 20.3. The summed E-state index contributed by atoms with van der Waals surface area (Å²) in [5.41, 5.74) is 0.752. The van der Waals surface area contributed by atoms with Gasteiger partial charge >= 0.3 is 0 Å². The van der Waals surface area contributed by atoms with E-state index in [0.29, 0.717) is 24.8 Å². The van der Waals surface area contributed by atoms with Crippen molar-refractivity contribution in [3.05, 3.63) is 53.7 Å². The second-order valence-corrected chi connectivity index (χ2v) is 6.80. The van der Waals surface area contributed by atoms with Gasteiger partial charge in [0.15, 0.2) is 5.96 Å². The predicted molar refractivity (Wildman–Crippen MR) is 110 cm³/mol. The first-order valence-corrected chi connectivity index (χ1v) is 9.91. The van der Waals surface area contributed by atoms with Gasteiger partial charge in [-0.1, -0.05) is 0 Å². The molecule has 158 valence electrons. The number of aliphatic imine (C=N–C) groups is 1. The average molecular weight is 404 g/mol. The van der Waals surface area contributed by atoms with E-state index in [4.69, 9.17) is 13.9 Å². The highest BCUT2D eigenvalue weighted by molar-refractivity contribution is 5.79. The first-order valence-electron chi connectivity index (χ1n) is 9.91. The minimum atomic E-state index is -0.331. The van der Waals surface area contributed by atoms with Gasteiger partial charge in [0, 0.05) is 45.2 Å². The number of halogens is 1. The molecule has 8 heteroatoms. The lowest BCUT2D eigenvalue weighted by Gasteiger charge is -2.26. The van der Waals surface area contributed by atoms with Crippen LogP contribution in [0.1, 0.15) is 11.3 Å². The second kappa shape index (κ2) is 11.4. The molecule has 2 aromatic rings. The molecule has 0 bridgehead atoms. The maximum atomic E-state index is 13.7. The van der Waals surface area contributed by atoms with Crippen molar-refractivity contribution in [3.63, 3.8) is 0 Å². The highest BCUT2D eigenvalue weighted by Gasteiger charge is 2.10. The number of hydrogen-bond donors (Lipinski definition) is 2. The van der Waals surface area contributed by atoms with Crippen LogP contribution in [0.15, 0.2) is 46.0 Å². The highest BCUT2D eigenvalue weighted by atomic mass is 19.1. The molecule has 0 radical (unpaired) electrons. The Labute approximate surface area is 170 Å². The SMILES string of the molecule is COc1cc(F)cc(CN=C(NCCc2ccco2)NCCN2CCOCC2)c1. The molecule has 1 aliphatic rings. The monoisotopic (exact) mass is 404 g/mol. The standard InChI is InChI=1S/C21H29FN4O3/c1-27-20-14-17(13-18(22)15-20)16-25-21(23-5-4-19-3-2-10-29-19)24-6-7-26-8-11-28-12-9-26/h2-3,10,13-15H,4-9,11-12,16H2,1H3,(H2,23,24,25). The molecule has 2 heterocycles. The molecule has 0 aliphatic carbocycles. The lowest BCUT2D eigenvalue weighted by atomic mass is 10.2. The third-order valence-corrected chi connectivity index (χ3v) is 4.65. The number of benzene rings is 1. The number of methoxy groups -OCH3 is 1. The summed E-state index contributed by atoms with van der Waals surface area (Å²) in [7, 11) is 1.52. The summed E-state index contributed by atoms with van der Waals surface area (Å²) in [4.78, 5) is 6.97. The Morgan fingerprint density at radius 1 is 1.21 bits per heavy atom. The summed E-state index contributed by atoms with van der Waals surface area (Å²) in [5, 5.41) is 6.68. The number of ether oxygens (including phenoxy) is 2. The fourth-order valence-corrected chi connectivity index (χ4v) is 3.09. The van der Waals surface area contributed by atoms with E-state index in [-0.39, 0.29) is 5.82 Å². The molecular weight excluding hydrogens is 375 g/mol. The normalized spacial score (nSPS) is 15.3. The van der Waals surface area contributed by atoms with Crippen LogP contribution in [0.2, 0.25) is 0 Å². The Kier molecular flexibility index (Phi) is 8.33. The number of nitrogens with one attached hydrogen (secondary N) is 2. The molecule has 3 rings (SSSR count). The Bertz CT molecular complexity index is 761. The van der Waals surface area contributed by atoms with Crippen LogP contribution < -0.4 is 15.4 Å². The molecule has 1 aromatic heterocycles. The second-order valence-electron chi connectivity index (χ2n) is 6.80. The first kappa shape index (κ1) is 21.1. The molecule has 1 saturated heterocycles. The predicted octanol–water partition coefficient (Wildman–Crippen LogP) is 2.04. The first-order chi connectivity index (χ1) is 14.2. The Morgan fingerprint density at radius 3 is 2.79 bits per heavy atom. The minimum absolute atomic E-state index is 0.331. The van der Waals surface area contributed by atoms with Crippen LogP contribution in [-0.4, -0.2) is 63.9 Å². The van der Waals surface area contributed by atoms with Crippen LogP contribution in [0.3, 0.4) is 0 Å². The molecular formula is C21H29FN4O3. The number of rotatable bonds is 9. The largest absolute Gasteiger partial charge is 0.497 e. The summed E-state index contributed by atoms with van der Waals surface area (Å²) >= 11 is 0. The van der Waals surface area contributed by atoms with Gasteiger partial charge in [0.05, 0.1) is 33.1 Å². The van der Waals surface area contributed by atoms with Crippen molar-refractivity contribution in [2.75, 3.05) is 53.0 Å². The Morgan fingerprint density at radius 2 is 2.03 bits per heavy atom. The van der Waals surface area contributed by atoms with E-state index in [2.05, 4.69) is 20.5 Å². The van der Waals surface area contributed by atoms with E-state index in [9.17, 15) is 4.39 Å². The van der Waals surface area contributed by atoms with Crippen LogP contribution in [0.25, 0.3) is 0 Å². The number of nitrogens with zero attached hydrogens (tertiary/aromatic N) is 2. The maximum Gasteiger partial charge on any atom is 0.191 e. The average Bonchev–Trinajstić information content (AvgIpc) is 3.25. The molecule has 1 fully saturated rings. The van der Waals surface area contributed by atoms with E-state index in [0.717, 1.165) is 57.1 Å². The minimum Gasteiger partial charge on any atom is -0.497 e.